The maximum atomic E-state index is 6.57. The van der Waals surface area contributed by atoms with Gasteiger partial charge in [0.05, 0.1) is 0 Å². The first kappa shape index (κ1) is 12.4. The molecule has 1 heterocycles. The smallest absolute Gasteiger partial charge is 0.0434 e. The highest BCUT2D eigenvalue weighted by Gasteiger charge is 2.31. The minimum atomic E-state index is -0.140. The van der Waals surface area contributed by atoms with Crippen LogP contribution < -0.4 is 10.6 Å². The van der Waals surface area contributed by atoms with Crippen molar-refractivity contribution in [1.82, 2.24) is 4.90 Å². The van der Waals surface area contributed by atoms with Crippen molar-refractivity contribution in [2.24, 2.45) is 5.73 Å². The van der Waals surface area contributed by atoms with Crippen LogP contribution in [0.3, 0.4) is 0 Å². The van der Waals surface area contributed by atoms with Gasteiger partial charge in [-0.05, 0) is 50.7 Å². The summed E-state index contributed by atoms with van der Waals surface area (Å²) in [7, 11) is 6.30. The molecular weight excluding hydrogens is 210 g/mol. The molecule has 17 heavy (non-hydrogen) atoms. The number of nitrogens with zero attached hydrogens (tertiary/aromatic N) is 2. The maximum absolute atomic E-state index is 6.57. The summed E-state index contributed by atoms with van der Waals surface area (Å²) in [6, 6.07) is 8.63. The molecule has 94 valence electrons. The first-order valence-corrected chi connectivity index (χ1v) is 6.26. The summed E-state index contributed by atoms with van der Waals surface area (Å²) in [5.74, 6) is 0. The summed E-state index contributed by atoms with van der Waals surface area (Å²) in [6.45, 7) is 2.17. The van der Waals surface area contributed by atoms with Gasteiger partial charge in [-0.1, -0.05) is 12.1 Å². The first-order chi connectivity index (χ1) is 8.01. The van der Waals surface area contributed by atoms with E-state index >= 15 is 0 Å². The molecule has 2 N–H and O–H groups in total. The predicted molar refractivity (Wildman–Crippen MR) is 73.4 cm³/mol. The Kier molecular flexibility index (Phi) is 3.40. The van der Waals surface area contributed by atoms with Crippen LogP contribution in [0.25, 0.3) is 0 Å². The van der Waals surface area contributed by atoms with Gasteiger partial charge in [0.15, 0.2) is 0 Å². The van der Waals surface area contributed by atoms with E-state index in [2.05, 4.69) is 55.2 Å². The zero-order valence-electron chi connectivity index (χ0n) is 11.1. The van der Waals surface area contributed by atoms with E-state index in [1.165, 1.54) is 11.3 Å². The summed E-state index contributed by atoms with van der Waals surface area (Å²) in [6.07, 6.45) is 2.08. The van der Waals surface area contributed by atoms with Crippen LogP contribution in [0.2, 0.25) is 0 Å². The van der Waals surface area contributed by atoms with Crippen LogP contribution in [0.5, 0.6) is 0 Å². The Labute approximate surface area is 104 Å². The lowest BCUT2D eigenvalue weighted by molar-refractivity contribution is 0.191. The quantitative estimate of drug-likeness (QED) is 0.843. The number of hydrogen-bond acceptors (Lipinski definition) is 3. The highest BCUT2D eigenvalue weighted by molar-refractivity contribution is 5.48. The minimum absolute atomic E-state index is 0.140. The van der Waals surface area contributed by atoms with Crippen LogP contribution >= 0.6 is 0 Å². The van der Waals surface area contributed by atoms with E-state index in [9.17, 15) is 0 Å². The largest absolute Gasteiger partial charge is 0.378 e. The number of piperidine rings is 1. The van der Waals surface area contributed by atoms with Gasteiger partial charge in [0.1, 0.15) is 0 Å². The van der Waals surface area contributed by atoms with Gasteiger partial charge in [0.2, 0.25) is 0 Å². The standard InChI is InChI=1S/C14H23N3/c1-16(2)13-6-4-5-12(11-13)14(15)7-9-17(3)10-8-14/h4-6,11H,7-10,15H2,1-3H3. The molecule has 1 fully saturated rings. The SMILES string of the molecule is CN1CCC(N)(c2cccc(N(C)C)c2)CC1. The summed E-state index contributed by atoms with van der Waals surface area (Å²) in [4.78, 5) is 4.47. The van der Waals surface area contributed by atoms with Gasteiger partial charge < -0.3 is 15.5 Å². The van der Waals surface area contributed by atoms with Crippen molar-refractivity contribution in [2.75, 3.05) is 39.1 Å². The molecule has 0 atom stereocenters. The van der Waals surface area contributed by atoms with Gasteiger partial charge in [-0.3, -0.25) is 0 Å². The lowest BCUT2D eigenvalue weighted by Crippen LogP contribution is -2.46. The molecule has 0 bridgehead atoms. The van der Waals surface area contributed by atoms with E-state index in [1.54, 1.807) is 0 Å². The van der Waals surface area contributed by atoms with Crippen LogP contribution in [0, 0.1) is 0 Å². The zero-order valence-corrected chi connectivity index (χ0v) is 11.1. The van der Waals surface area contributed by atoms with Gasteiger partial charge >= 0.3 is 0 Å². The second-order valence-corrected chi connectivity index (χ2v) is 5.40. The predicted octanol–water partition coefficient (Wildman–Crippen LogP) is 1.63. The van der Waals surface area contributed by atoms with Crippen molar-refractivity contribution in [3.05, 3.63) is 29.8 Å². The van der Waals surface area contributed by atoms with E-state index in [1.807, 2.05) is 0 Å². The van der Waals surface area contributed by atoms with E-state index in [0.717, 1.165) is 25.9 Å². The molecule has 2 rings (SSSR count). The molecular formula is C14H23N3. The van der Waals surface area contributed by atoms with Crippen molar-refractivity contribution >= 4 is 5.69 Å². The Morgan fingerprint density at radius 3 is 2.47 bits per heavy atom. The summed E-state index contributed by atoms with van der Waals surface area (Å²) >= 11 is 0. The van der Waals surface area contributed by atoms with Crippen molar-refractivity contribution in [1.29, 1.82) is 0 Å². The normalized spacial score (nSPS) is 20.2. The number of hydrogen-bond donors (Lipinski definition) is 1. The molecule has 0 amide bonds. The lowest BCUT2D eigenvalue weighted by Gasteiger charge is -2.38. The Morgan fingerprint density at radius 1 is 1.24 bits per heavy atom. The van der Waals surface area contributed by atoms with E-state index < -0.39 is 0 Å². The van der Waals surface area contributed by atoms with Gasteiger partial charge in [-0.15, -0.1) is 0 Å². The fourth-order valence-corrected chi connectivity index (χ4v) is 2.40. The molecule has 0 aromatic heterocycles. The molecule has 3 nitrogen and oxygen atoms in total. The number of anilines is 1. The fraction of sp³-hybridized carbons (Fsp3) is 0.571. The molecule has 1 aliphatic heterocycles. The van der Waals surface area contributed by atoms with Crippen molar-refractivity contribution < 1.29 is 0 Å². The molecule has 1 aromatic carbocycles. The van der Waals surface area contributed by atoms with Crippen LogP contribution in [0.1, 0.15) is 18.4 Å². The average Bonchev–Trinajstić information content (AvgIpc) is 2.33. The van der Waals surface area contributed by atoms with Crippen LogP contribution in [0.15, 0.2) is 24.3 Å². The summed E-state index contributed by atoms with van der Waals surface area (Å²) in [5.41, 5.74) is 8.93. The third-order valence-electron chi connectivity index (χ3n) is 3.82. The van der Waals surface area contributed by atoms with E-state index in [0.29, 0.717) is 0 Å². The highest BCUT2D eigenvalue weighted by atomic mass is 15.1. The van der Waals surface area contributed by atoms with Crippen LogP contribution in [-0.2, 0) is 5.54 Å². The Balaban J connectivity index is 2.24. The Bertz CT molecular complexity index is 379. The molecule has 1 aliphatic rings. The zero-order chi connectivity index (χ0) is 12.5. The van der Waals surface area contributed by atoms with Gasteiger partial charge in [0, 0.05) is 25.3 Å². The van der Waals surface area contributed by atoms with Gasteiger partial charge in [0.25, 0.3) is 0 Å². The minimum Gasteiger partial charge on any atom is -0.378 e. The van der Waals surface area contributed by atoms with Crippen molar-refractivity contribution in [2.45, 2.75) is 18.4 Å². The molecule has 0 saturated carbocycles. The number of rotatable bonds is 2. The van der Waals surface area contributed by atoms with Crippen LogP contribution in [0.4, 0.5) is 5.69 Å². The van der Waals surface area contributed by atoms with E-state index in [-0.39, 0.29) is 5.54 Å². The topological polar surface area (TPSA) is 32.5 Å². The summed E-state index contributed by atoms with van der Waals surface area (Å²) in [5, 5.41) is 0. The molecule has 1 saturated heterocycles. The third-order valence-corrected chi connectivity index (χ3v) is 3.82. The number of likely N-dealkylation sites (tertiary alicyclic amines) is 1. The summed E-state index contributed by atoms with van der Waals surface area (Å²) < 4.78 is 0. The van der Waals surface area contributed by atoms with Crippen molar-refractivity contribution in [3.8, 4) is 0 Å². The maximum Gasteiger partial charge on any atom is 0.0434 e. The molecule has 1 aromatic rings. The molecule has 0 aliphatic carbocycles. The molecule has 0 radical (unpaired) electrons. The highest BCUT2D eigenvalue weighted by Crippen LogP contribution is 2.31. The average molecular weight is 233 g/mol. The number of nitrogens with two attached hydrogens (primary N) is 1. The van der Waals surface area contributed by atoms with Gasteiger partial charge in [-0.25, -0.2) is 0 Å². The van der Waals surface area contributed by atoms with Crippen molar-refractivity contribution in [3.63, 3.8) is 0 Å². The lowest BCUT2D eigenvalue weighted by atomic mass is 9.82. The Morgan fingerprint density at radius 2 is 1.88 bits per heavy atom. The Hall–Kier alpha value is -1.06. The monoisotopic (exact) mass is 233 g/mol. The second kappa shape index (κ2) is 4.67. The molecule has 0 spiro atoms. The second-order valence-electron chi connectivity index (χ2n) is 5.40. The molecule has 3 heteroatoms. The fourth-order valence-electron chi connectivity index (χ4n) is 2.40. The van der Waals surface area contributed by atoms with Crippen LogP contribution in [-0.4, -0.2) is 39.1 Å². The first-order valence-electron chi connectivity index (χ1n) is 6.26. The number of benzene rings is 1. The van der Waals surface area contributed by atoms with E-state index in [4.69, 9.17) is 5.73 Å². The third kappa shape index (κ3) is 2.61. The van der Waals surface area contributed by atoms with Gasteiger partial charge in [-0.2, -0.15) is 0 Å². The molecule has 0 unspecified atom stereocenters.